The zero-order chi connectivity index (χ0) is 11.3. The lowest BCUT2D eigenvalue weighted by Crippen LogP contribution is -1.98. The second-order valence-electron chi connectivity index (χ2n) is 2.94. The first kappa shape index (κ1) is 11.3. The van der Waals surface area contributed by atoms with E-state index >= 15 is 0 Å². The van der Waals surface area contributed by atoms with Crippen molar-refractivity contribution in [3.8, 4) is 11.5 Å². The third-order valence-corrected chi connectivity index (χ3v) is 1.82. The first-order valence-electron chi connectivity index (χ1n) is 4.64. The zero-order valence-electron chi connectivity index (χ0n) is 8.73. The molecule has 5 nitrogen and oxygen atoms in total. The summed E-state index contributed by atoms with van der Waals surface area (Å²) in [4.78, 5) is 10.0. The van der Waals surface area contributed by atoms with Gasteiger partial charge in [0.15, 0.2) is 11.5 Å². The van der Waals surface area contributed by atoms with E-state index < -0.39 is 4.92 Å². The zero-order valence-corrected chi connectivity index (χ0v) is 8.73. The summed E-state index contributed by atoms with van der Waals surface area (Å²) in [5.74, 6) is 0.919. The molecule has 15 heavy (non-hydrogen) atoms. The van der Waals surface area contributed by atoms with Gasteiger partial charge in [-0.3, -0.25) is 10.1 Å². The Morgan fingerprint density at radius 2 is 2.13 bits per heavy atom. The van der Waals surface area contributed by atoms with E-state index in [4.69, 9.17) is 9.47 Å². The molecule has 0 saturated heterocycles. The molecule has 82 valence electrons. The summed E-state index contributed by atoms with van der Waals surface area (Å²) >= 11 is 0. The van der Waals surface area contributed by atoms with Crippen LogP contribution in [0.5, 0.6) is 11.5 Å². The SMILES string of the molecule is CCCOc1ccc([N+](=O)[O-])cc1OC. The van der Waals surface area contributed by atoms with E-state index in [0.29, 0.717) is 18.1 Å². The van der Waals surface area contributed by atoms with Crippen LogP contribution in [0.2, 0.25) is 0 Å². The number of nitrogens with zero attached hydrogens (tertiary/aromatic N) is 1. The molecule has 0 heterocycles. The van der Waals surface area contributed by atoms with Gasteiger partial charge in [-0.25, -0.2) is 0 Å². The van der Waals surface area contributed by atoms with Crippen molar-refractivity contribution in [2.45, 2.75) is 13.3 Å². The second kappa shape index (κ2) is 5.19. The molecule has 1 aromatic rings. The normalized spacial score (nSPS) is 9.73. The van der Waals surface area contributed by atoms with E-state index in [1.807, 2.05) is 6.92 Å². The molecule has 0 aliphatic rings. The summed E-state index contributed by atoms with van der Waals surface area (Å²) in [6, 6.07) is 4.30. The highest BCUT2D eigenvalue weighted by Gasteiger charge is 2.11. The average molecular weight is 211 g/mol. The molecule has 0 N–H and O–H groups in total. The third-order valence-electron chi connectivity index (χ3n) is 1.82. The first-order valence-corrected chi connectivity index (χ1v) is 4.64. The van der Waals surface area contributed by atoms with Crippen molar-refractivity contribution in [2.24, 2.45) is 0 Å². The van der Waals surface area contributed by atoms with Gasteiger partial charge in [-0.1, -0.05) is 6.92 Å². The Morgan fingerprint density at radius 3 is 2.67 bits per heavy atom. The van der Waals surface area contributed by atoms with Gasteiger partial charge in [0, 0.05) is 6.07 Å². The van der Waals surface area contributed by atoms with Crippen molar-refractivity contribution in [3.63, 3.8) is 0 Å². The number of rotatable bonds is 5. The molecule has 1 rings (SSSR count). The molecule has 0 fully saturated rings. The van der Waals surface area contributed by atoms with Crippen molar-refractivity contribution >= 4 is 5.69 Å². The average Bonchev–Trinajstić information content (AvgIpc) is 2.25. The van der Waals surface area contributed by atoms with E-state index in [1.165, 1.54) is 19.2 Å². The largest absolute Gasteiger partial charge is 0.493 e. The van der Waals surface area contributed by atoms with Crippen molar-refractivity contribution in [1.29, 1.82) is 0 Å². The van der Waals surface area contributed by atoms with Crippen LogP contribution in [0, 0.1) is 10.1 Å². The minimum absolute atomic E-state index is 0.00398. The predicted octanol–water partition coefficient (Wildman–Crippen LogP) is 2.39. The second-order valence-corrected chi connectivity index (χ2v) is 2.94. The van der Waals surface area contributed by atoms with Crippen molar-refractivity contribution in [2.75, 3.05) is 13.7 Å². The molecule has 0 radical (unpaired) electrons. The van der Waals surface area contributed by atoms with Crippen LogP contribution in [0.3, 0.4) is 0 Å². The number of nitro groups is 1. The van der Waals surface area contributed by atoms with Crippen LogP contribution in [0.25, 0.3) is 0 Å². The number of non-ortho nitro benzene ring substituents is 1. The fourth-order valence-corrected chi connectivity index (χ4v) is 1.10. The smallest absolute Gasteiger partial charge is 0.273 e. The van der Waals surface area contributed by atoms with Gasteiger partial charge in [-0.15, -0.1) is 0 Å². The van der Waals surface area contributed by atoms with Gasteiger partial charge >= 0.3 is 0 Å². The number of benzene rings is 1. The Hall–Kier alpha value is -1.78. The molecule has 0 unspecified atom stereocenters. The van der Waals surface area contributed by atoms with E-state index in [-0.39, 0.29) is 5.69 Å². The number of hydrogen-bond donors (Lipinski definition) is 0. The van der Waals surface area contributed by atoms with Crippen LogP contribution in [0.15, 0.2) is 18.2 Å². The van der Waals surface area contributed by atoms with E-state index in [1.54, 1.807) is 6.07 Å². The van der Waals surface area contributed by atoms with Gasteiger partial charge in [0.05, 0.1) is 24.7 Å². The van der Waals surface area contributed by atoms with Crippen LogP contribution in [-0.4, -0.2) is 18.6 Å². The standard InChI is InChI=1S/C10H13NO4/c1-3-6-15-9-5-4-8(11(12)13)7-10(9)14-2/h4-5,7H,3,6H2,1-2H3. The molecule has 1 aromatic carbocycles. The Bertz CT molecular complexity index is 351. The lowest BCUT2D eigenvalue weighted by molar-refractivity contribution is -0.384. The number of ether oxygens (including phenoxy) is 2. The van der Waals surface area contributed by atoms with Crippen LogP contribution in [0.4, 0.5) is 5.69 Å². The molecule has 0 aliphatic heterocycles. The molecule has 5 heteroatoms. The van der Waals surface area contributed by atoms with Gasteiger partial charge in [0.1, 0.15) is 0 Å². The van der Waals surface area contributed by atoms with Crippen LogP contribution >= 0.6 is 0 Å². The maximum absolute atomic E-state index is 10.5. The quantitative estimate of drug-likeness (QED) is 0.554. The molecule has 0 atom stereocenters. The van der Waals surface area contributed by atoms with E-state index in [0.717, 1.165) is 6.42 Å². The van der Waals surface area contributed by atoms with Gasteiger partial charge in [-0.2, -0.15) is 0 Å². The highest BCUT2D eigenvalue weighted by Crippen LogP contribution is 2.30. The van der Waals surface area contributed by atoms with Gasteiger partial charge < -0.3 is 9.47 Å². The Labute approximate surface area is 87.8 Å². The van der Waals surface area contributed by atoms with Gasteiger partial charge in [0.2, 0.25) is 0 Å². The summed E-state index contributed by atoms with van der Waals surface area (Å²) in [7, 11) is 1.46. The summed E-state index contributed by atoms with van der Waals surface area (Å²) < 4.78 is 10.4. The van der Waals surface area contributed by atoms with E-state index in [2.05, 4.69) is 0 Å². The monoisotopic (exact) mass is 211 g/mol. The maximum atomic E-state index is 10.5. The van der Waals surface area contributed by atoms with Crippen molar-refractivity contribution in [3.05, 3.63) is 28.3 Å². The van der Waals surface area contributed by atoms with Crippen LogP contribution in [-0.2, 0) is 0 Å². The molecular formula is C10H13NO4. The fourth-order valence-electron chi connectivity index (χ4n) is 1.10. The minimum Gasteiger partial charge on any atom is -0.493 e. The maximum Gasteiger partial charge on any atom is 0.273 e. The Balaban J connectivity index is 2.93. The minimum atomic E-state index is -0.466. The molecule has 0 aliphatic carbocycles. The molecule has 0 saturated carbocycles. The van der Waals surface area contributed by atoms with E-state index in [9.17, 15) is 10.1 Å². The van der Waals surface area contributed by atoms with Crippen molar-refractivity contribution in [1.82, 2.24) is 0 Å². The molecule has 0 bridgehead atoms. The number of methoxy groups -OCH3 is 1. The third kappa shape index (κ3) is 2.83. The Morgan fingerprint density at radius 1 is 1.40 bits per heavy atom. The molecule has 0 amide bonds. The van der Waals surface area contributed by atoms with Gasteiger partial charge in [-0.05, 0) is 12.5 Å². The lowest BCUT2D eigenvalue weighted by Gasteiger charge is -2.08. The molecule has 0 spiro atoms. The summed E-state index contributed by atoms with van der Waals surface area (Å²) in [6.45, 7) is 2.55. The highest BCUT2D eigenvalue weighted by molar-refractivity contribution is 5.48. The van der Waals surface area contributed by atoms with Crippen LogP contribution < -0.4 is 9.47 Å². The van der Waals surface area contributed by atoms with Crippen molar-refractivity contribution < 1.29 is 14.4 Å². The van der Waals surface area contributed by atoms with Gasteiger partial charge in [0.25, 0.3) is 5.69 Å². The number of nitro benzene ring substituents is 1. The van der Waals surface area contributed by atoms with Crippen LogP contribution in [0.1, 0.15) is 13.3 Å². The highest BCUT2D eigenvalue weighted by atomic mass is 16.6. The topological polar surface area (TPSA) is 61.6 Å². The summed E-state index contributed by atoms with van der Waals surface area (Å²) in [5.41, 5.74) is -0.00398. The summed E-state index contributed by atoms with van der Waals surface area (Å²) in [5, 5.41) is 10.5. The summed E-state index contributed by atoms with van der Waals surface area (Å²) in [6.07, 6.45) is 0.875. The number of hydrogen-bond acceptors (Lipinski definition) is 4. The predicted molar refractivity (Wildman–Crippen MR) is 55.4 cm³/mol. The lowest BCUT2D eigenvalue weighted by atomic mass is 10.3. The first-order chi connectivity index (χ1) is 7.19. The molecular weight excluding hydrogens is 198 g/mol. The fraction of sp³-hybridized carbons (Fsp3) is 0.400. The molecule has 0 aromatic heterocycles. The Kier molecular flexibility index (Phi) is 3.91.